The molecule has 0 aromatic carbocycles. The van der Waals surface area contributed by atoms with E-state index in [4.69, 9.17) is 11.6 Å². The molecule has 1 rings (SSSR count). The number of rotatable bonds is 1. The lowest BCUT2D eigenvalue weighted by Gasteiger charge is -1.75. The van der Waals surface area contributed by atoms with Crippen molar-refractivity contribution in [2.75, 3.05) is 0 Å². The van der Waals surface area contributed by atoms with Crippen LogP contribution in [-0.4, -0.2) is 11.4 Å². The van der Waals surface area contributed by atoms with E-state index in [9.17, 15) is 9.18 Å². The van der Waals surface area contributed by atoms with Gasteiger partial charge in [-0.2, -0.15) is 0 Å². The lowest BCUT2D eigenvalue weighted by atomic mass is 10.5. The zero-order valence-corrected chi connectivity index (χ0v) is 4.28. The largest absolute Gasteiger partial charge is 0.281 e. The van der Waals surface area contributed by atoms with Gasteiger partial charge in [-0.15, -0.1) is 0 Å². The monoisotopic (exact) mass is 122 g/mol. The molecule has 1 fully saturated rings. The maximum Gasteiger partial charge on any atom is 0.227 e. The lowest BCUT2D eigenvalue weighted by Crippen LogP contribution is -1.89. The van der Waals surface area contributed by atoms with Crippen LogP contribution in [0.1, 0.15) is 6.42 Å². The van der Waals surface area contributed by atoms with E-state index in [0.717, 1.165) is 0 Å². The topological polar surface area (TPSA) is 17.1 Å². The molecule has 0 aliphatic heterocycles. The smallest absolute Gasteiger partial charge is 0.227 e. The van der Waals surface area contributed by atoms with Gasteiger partial charge in [-0.3, -0.25) is 4.79 Å². The van der Waals surface area contributed by atoms with Crippen LogP contribution < -0.4 is 0 Å². The van der Waals surface area contributed by atoms with Gasteiger partial charge in [0.1, 0.15) is 6.17 Å². The fourth-order valence-electron chi connectivity index (χ4n) is 0.399. The van der Waals surface area contributed by atoms with E-state index < -0.39 is 17.3 Å². The van der Waals surface area contributed by atoms with E-state index in [1.807, 2.05) is 0 Å². The molecule has 1 aliphatic carbocycles. The summed E-state index contributed by atoms with van der Waals surface area (Å²) in [4.78, 5) is 9.94. The second-order valence-electron chi connectivity index (χ2n) is 1.66. The van der Waals surface area contributed by atoms with Crippen molar-refractivity contribution in [3.63, 3.8) is 0 Å². The molecule has 1 saturated carbocycles. The average Bonchev–Trinajstić information content (AvgIpc) is 2.17. The van der Waals surface area contributed by atoms with Gasteiger partial charge < -0.3 is 0 Å². The Kier molecular flexibility index (Phi) is 1.04. The molecule has 0 aromatic heterocycles. The summed E-state index contributed by atoms with van der Waals surface area (Å²) in [5, 5.41) is -0.535. The standard InChI is InChI=1S/C4H4ClFO/c5-4(7)2-1-3(2)6/h2-3H,1H2/t2-,3-/m1/s1. The highest BCUT2D eigenvalue weighted by Gasteiger charge is 2.42. The van der Waals surface area contributed by atoms with Crippen LogP contribution in [0.15, 0.2) is 0 Å². The van der Waals surface area contributed by atoms with Crippen LogP contribution in [0.3, 0.4) is 0 Å². The molecule has 3 heteroatoms. The highest BCUT2D eigenvalue weighted by atomic mass is 35.5. The van der Waals surface area contributed by atoms with Gasteiger partial charge in [-0.1, -0.05) is 0 Å². The first-order chi connectivity index (χ1) is 3.22. The molecule has 40 valence electrons. The van der Waals surface area contributed by atoms with Crippen LogP contribution in [-0.2, 0) is 4.79 Å². The molecule has 0 radical (unpaired) electrons. The maximum absolute atomic E-state index is 11.7. The minimum absolute atomic E-state index is 0.336. The molecule has 0 bridgehead atoms. The van der Waals surface area contributed by atoms with Gasteiger partial charge in [-0.05, 0) is 18.0 Å². The van der Waals surface area contributed by atoms with Crippen molar-refractivity contribution in [2.45, 2.75) is 12.6 Å². The number of hydrogen-bond acceptors (Lipinski definition) is 1. The summed E-state index contributed by atoms with van der Waals surface area (Å²) >= 11 is 4.89. The number of alkyl halides is 1. The van der Waals surface area contributed by atoms with Gasteiger partial charge in [-0.25, -0.2) is 4.39 Å². The molecule has 1 nitrogen and oxygen atoms in total. The minimum Gasteiger partial charge on any atom is -0.281 e. The number of carbonyl (C=O) groups excluding carboxylic acids is 1. The molecule has 0 aromatic rings. The van der Waals surface area contributed by atoms with Crippen LogP contribution in [0.25, 0.3) is 0 Å². The van der Waals surface area contributed by atoms with Gasteiger partial charge in [0.15, 0.2) is 0 Å². The van der Waals surface area contributed by atoms with Gasteiger partial charge in [0, 0.05) is 0 Å². The van der Waals surface area contributed by atoms with Crippen molar-refractivity contribution in [1.82, 2.24) is 0 Å². The summed E-state index contributed by atoms with van der Waals surface area (Å²) in [6, 6.07) is 0. The van der Waals surface area contributed by atoms with Crippen LogP contribution >= 0.6 is 11.6 Å². The zero-order valence-electron chi connectivity index (χ0n) is 3.53. The zero-order chi connectivity index (χ0) is 5.44. The number of carbonyl (C=O) groups is 1. The molecule has 0 amide bonds. The van der Waals surface area contributed by atoms with E-state index in [0.29, 0.717) is 6.42 Å². The first kappa shape index (κ1) is 5.04. The van der Waals surface area contributed by atoms with Crippen LogP contribution in [0.2, 0.25) is 0 Å². The summed E-state index contributed by atoms with van der Waals surface area (Å²) in [5.41, 5.74) is 0. The first-order valence-electron chi connectivity index (χ1n) is 2.05. The molecular weight excluding hydrogens is 118 g/mol. The summed E-state index contributed by atoms with van der Waals surface area (Å²) < 4.78 is 11.7. The normalized spacial score (nSPS) is 38.0. The molecule has 0 spiro atoms. The predicted octanol–water partition coefficient (Wildman–Crippen LogP) is 1.11. The van der Waals surface area contributed by atoms with E-state index in [-0.39, 0.29) is 0 Å². The molecule has 1 aliphatic rings. The summed E-state index contributed by atoms with van der Waals surface area (Å²) in [7, 11) is 0. The molecular formula is C4H4ClFO. The molecule has 0 unspecified atom stereocenters. The summed E-state index contributed by atoms with van der Waals surface area (Å²) in [6.45, 7) is 0. The second-order valence-corrected chi connectivity index (χ2v) is 2.03. The predicted molar refractivity (Wildman–Crippen MR) is 23.9 cm³/mol. The Morgan fingerprint density at radius 3 is 2.29 bits per heavy atom. The molecule has 0 heterocycles. The summed E-state index contributed by atoms with van der Waals surface area (Å²) in [5.74, 6) is -0.471. The Morgan fingerprint density at radius 1 is 1.86 bits per heavy atom. The van der Waals surface area contributed by atoms with Crippen molar-refractivity contribution in [3.8, 4) is 0 Å². The third-order valence-corrected chi connectivity index (χ3v) is 1.28. The van der Waals surface area contributed by atoms with Crippen molar-refractivity contribution >= 4 is 16.8 Å². The lowest BCUT2D eigenvalue weighted by molar-refractivity contribution is -0.113. The third-order valence-electron chi connectivity index (χ3n) is 1.00. The Labute approximate surface area is 45.5 Å². The SMILES string of the molecule is O=C(Cl)[C@@H]1C[C@H]1F. The van der Waals surface area contributed by atoms with E-state index in [2.05, 4.69) is 0 Å². The quantitative estimate of drug-likeness (QED) is 0.476. The molecule has 2 atom stereocenters. The fraction of sp³-hybridized carbons (Fsp3) is 0.750. The number of halogens is 2. The van der Waals surface area contributed by atoms with Gasteiger partial charge in [0.25, 0.3) is 0 Å². The Bertz CT molecular complexity index is 104. The molecule has 0 N–H and O–H groups in total. The Balaban J connectivity index is 2.33. The van der Waals surface area contributed by atoms with Crippen molar-refractivity contribution in [1.29, 1.82) is 0 Å². The van der Waals surface area contributed by atoms with Crippen molar-refractivity contribution < 1.29 is 9.18 Å². The highest BCUT2D eigenvalue weighted by Crippen LogP contribution is 2.35. The number of hydrogen-bond donors (Lipinski definition) is 0. The van der Waals surface area contributed by atoms with E-state index >= 15 is 0 Å². The Hall–Kier alpha value is -0.110. The highest BCUT2D eigenvalue weighted by molar-refractivity contribution is 6.64. The average molecular weight is 123 g/mol. The van der Waals surface area contributed by atoms with E-state index in [1.165, 1.54) is 0 Å². The van der Waals surface area contributed by atoms with Gasteiger partial charge >= 0.3 is 0 Å². The first-order valence-corrected chi connectivity index (χ1v) is 2.43. The third kappa shape index (κ3) is 0.911. The van der Waals surface area contributed by atoms with Crippen molar-refractivity contribution in [2.24, 2.45) is 5.92 Å². The van der Waals surface area contributed by atoms with Crippen LogP contribution in [0, 0.1) is 5.92 Å². The summed E-state index contributed by atoms with van der Waals surface area (Å²) in [6.07, 6.45) is -0.604. The second kappa shape index (κ2) is 1.44. The molecule has 7 heavy (non-hydrogen) atoms. The van der Waals surface area contributed by atoms with Gasteiger partial charge in [0.2, 0.25) is 5.24 Å². The van der Waals surface area contributed by atoms with E-state index in [1.54, 1.807) is 0 Å². The molecule has 0 saturated heterocycles. The maximum atomic E-state index is 11.7. The van der Waals surface area contributed by atoms with Crippen molar-refractivity contribution in [3.05, 3.63) is 0 Å². The minimum atomic E-state index is -0.940. The van der Waals surface area contributed by atoms with Crippen LogP contribution in [0.5, 0.6) is 0 Å². The van der Waals surface area contributed by atoms with Gasteiger partial charge in [0.05, 0.1) is 5.92 Å². The Morgan fingerprint density at radius 2 is 2.29 bits per heavy atom. The van der Waals surface area contributed by atoms with Crippen LogP contribution in [0.4, 0.5) is 4.39 Å². The fourth-order valence-corrected chi connectivity index (χ4v) is 0.625.